The Morgan fingerprint density at radius 3 is 2.29 bits per heavy atom. The Hall–Kier alpha value is -1.53. The molecule has 17 heavy (non-hydrogen) atoms. The number of methoxy groups -OCH3 is 1. The molecule has 0 saturated heterocycles. The minimum absolute atomic E-state index is 0.120. The fourth-order valence-corrected chi connectivity index (χ4v) is 1.57. The Labute approximate surface area is 108 Å². The molecule has 0 amide bonds. The highest BCUT2D eigenvalue weighted by atomic mass is 79.9. The summed E-state index contributed by atoms with van der Waals surface area (Å²) in [6.07, 6.45) is 0. The van der Waals surface area contributed by atoms with E-state index < -0.39 is 5.97 Å². The zero-order valence-electron chi connectivity index (χ0n) is 9.61. The molecule has 0 aliphatic carbocycles. The summed E-state index contributed by atoms with van der Waals surface area (Å²) in [4.78, 5) is 11.5. The zero-order valence-corrected chi connectivity index (χ0v) is 11.2. The number of hydrogen-bond acceptors (Lipinski definition) is 5. The van der Waals surface area contributed by atoms with Crippen molar-refractivity contribution in [3.63, 3.8) is 0 Å². The van der Waals surface area contributed by atoms with Crippen molar-refractivity contribution < 1.29 is 9.53 Å². The molecule has 0 atom stereocenters. The monoisotopic (exact) mass is 299 g/mol. The van der Waals surface area contributed by atoms with Gasteiger partial charge in [-0.3, -0.25) is 0 Å². The van der Waals surface area contributed by atoms with Crippen LogP contribution in [-0.2, 0) is 9.53 Å². The van der Waals surface area contributed by atoms with Gasteiger partial charge < -0.3 is 15.5 Å². The number of halogens is 1. The largest absolute Gasteiger partial charge is 0.464 e. The lowest BCUT2D eigenvalue weighted by Crippen LogP contribution is -2.32. The van der Waals surface area contributed by atoms with E-state index in [1.807, 2.05) is 12.1 Å². The van der Waals surface area contributed by atoms with Gasteiger partial charge in [-0.1, -0.05) is 28.1 Å². The second kappa shape index (κ2) is 5.70. The van der Waals surface area contributed by atoms with Gasteiger partial charge in [-0.25, -0.2) is 10.6 Å². The standard InChI is InChI=1S/C11H14BrN3O2/c1-15(14)10(11(16)17-2)9(13)7-3-5-8(12)6-4-7/h3-6H,13-14H2,1-2H3/b10-9-. The topological polar surface area (TPSA) is 81.6 Å². The molecule has 0 aliphatic heterocycles. The average Bonchev–Trinajstić information content (AvgIpc) is 2.29. The van der Waals surface area contributed by atoms with E-state index in [9.17, 15) is 4.79 Å². The van der Waals surface area contributed by atoms with Crippen LogP contribution in [0.25, 0.3) is 5.70 Å². The molecule has 0 aromatic heterocycles. The highest BCUT2D eigenvalue weighted by Crippen LogP contribution is 2.18. The van der Waals surface area contributed by atoms with E-state index in [1.165, 1.54) is 14.2 Å². The van der Waals surface area contributed by atoms with Crippen LogP contribution in [0, 0.1) is 0 Å². The number of carbonyl (C=O) groups is 1. The van der Waals surface area contributed by atoms with E-state index >= 15 is 0 Å². The summed E-state index contributed by atoms with van der Waals surface area (Å²) in [6.45, 7) is 0. The third-order valence-corrected chi connectivity index (χ3v) is 2.67. The van der Waals surface area contributed by atoms with Crippen molar-refractivity contribution in [2.24, 2.45) is 11.6 Å². The van der Waals surface area contributed by atoms with Gasteiger partial charge in [-0.2, -0.15) is 0 Å². The first-order chi connectivity index (χ1) is 7.97. The van der Waals surface area contributed by atoms with Crippen LogP contribution in [0.2, 0.25) is 0 Å². The maximum absolute atomic E-state index is 11.5. The van der Waals surface area contributed by atoms with Gasteiger partial charge in [0, 0.05) is 11.5 Å². The van der Waals surface area contributed by atoms with Crippen LogP contribution in [0.1, 0.15) is 5.56 Å². The van der Waals surface area contributed by atoms with E-state index in [2.05, 4.69) is 20.7 Å². The van der Waals surface area contributed by atoms with Crippen LogP contribution >= 0.6 is 15.9 Å². The van der Waals surface area contributed by atoms with Crippen LogP contribution < -0.4 is 11.6 Å². The molecule has 0 unspecified atom stereocenters. The molecule has 0 heterocycles. The number of hydrogen-bond donors (Lipinski definition) is 2. The summed E-state index contributed by atoms with van der Waals surface area (Å²) in [5, 5.41) is 1.14. The molecule has 0 aliphatic rings. The molecule has 0 spiro atoms. The van der Waals surface area contributed by atoms with Crippen molar-refractivity contribution in [3.8, 4) is 0 Å². The van der Waals surface area contributed by atoms with Gasteiger partial charge in [0.25, 0.3) is 0 Å². The predicted octanol–water partition coefficient (Wildman–Crippen LogP) is 1.05. The summed E-state index contributed by atoms with van der Waals surface area (Å²) in [5.41, 5.74) is 7.00. The lowest BCUT2D eigenvalue weighted by Gasteiger charge is -2.17. The minimum Gasteiger partial charge on any atom is -0.464 e. The Bertz CT molecular complexity index is 441. The Kier molecular flexibility index (Phi) is 4.53. The van der Waals surface area contributed by atoms with Crippen LogP contribution in [0.15, 0.2) is 34.4 Å². The molecule has 92 valence electrons. The number of carbonyl (C=O) groups excluding carboxylic acids is 1. The number of nitrogens with zero attached hydrogens (tertiary/aromatic N) is 1. The normalized spacial score (nSPS) is 11.8. The van der Waals surface area contributed by atoms with Gasteiger partial charge in [-0.05, 0) is 17.7 Å². The number of benzene rings is 1. The lowest BCUT2D eigenvalue weighted by molar-refractivity contribution is -0.137. The molecule has 1 aromatic carbocycles. The third kappa shape index (κ3) is 3.21. The van der Waals surface area contributed by atoms with Crippen molar-refractivity contribution in [1.82, 2.24) is 5.01 Å². The first kappa shape index (κ1) is 13.5. The van der Waals surface area contributed by atoms with Crippen molar-refractivity contribution >= 4 is 27.6 Å². The fraction of sp³-hybridized carbons (Fsp3) is 0.182. The Morgan fingerprint density at radius 1 is 1.35 bits per heavy atom. The summed E-state index contributed by atoms with van der Waals surface area (Å²) in [5.74, 6) is 4.99. The van der Waals surface area contributed by atoms with Gasteiger partial charge in [0.15, 0.2) is 5.70 Å². The summed E-state index contributed by atoms with van der Waals surface area (Å²) in [6, 6.07) is 7.22. The zero-order chi connectivity index (χ0) is 13.0. The fourth-order valence-electron chi connectivity index (χ4n) is 1.31. The van der Waals surface area contributed by atoms with Crippen molar-refractivity contribution in [2.75, 3.05) is 14.2 Å². The van der Waals surface area contributed by atoms with Gasteiger partial charge in [0.1, 0.15) is 0 Å². The summed E-state index contributed by atoms with van der Waals surface area (Å²) in [7, 11) is 2.80. The second-order valence-corrected chi connectivity index (χ2v) is 4.29. The Morgan fingerprint density at radius 2 is 1.88 bits per heavy atom. The summed E-state index contributed by atoms with van der Waals surface area (Å²) >= 11 is 3.32. The van der Waals surface area contributed by atoms with Gasteiger partial charge in [-0.15, -0.1) is 0 Å². The van der Waals surface area contributed by atoms with E-state index in [0.29, 0.717) is 5.56 Å². The van der Waals surface area contributed by atoms with Gasteiger partial charge in [0.05, 0.1) is 12.8 Å². The molecule has 6 heteroatoms. The van der Waals surface area contributed by atoms with Crippen LogP contribution in [0.4, 0.5) is 0 Å². The SMILES string of the molecule is COC(=O)/C(=C(/N)c1ccc(Br)cc1)N(C)N. The highest BCUT2D eigenvalue weighted by Gasteiger charge is 2.18. The number of nitrogens with two attached hydrogens (primary N) is 2. The van der Waals surface area contributed by atoms with Crippen LogP contribution in [-0.4, -0.2) is 25.1 Å². The van der Waals surface area contributed by atoms with E-state index in [-0.39, 0.29) is 11.4 Å². The van der Waals surface area contributed by atoms with Gasteiger partial charge >= 0.3 is 5.97 Å². The van der Waals surface area contributed by atoms with Crippen LogP contribution in [0.3, 0.4) is 0 Å². The first-order valence-corrected chi connectivity index (χ1v) is 5.59. The lowest BCUT2D eigenvalue weighted by atomic mass is 10.1. The molecule has 0 bridgehead atoms. The summed E-state index contributed by atoms with van der Waals surface area (Å²) < 4.78 is 5.56. The molecular formula is C11H14BrN3O2. The van der Waals surface area contributed by atoms with E-state index in [4.69, 9.17) is 11.6 Å². The van der Waals surface area contributed by atoms with Crippen molar-refractivity contribution in [1.29, 1.82) is 0 Å². The molecule has 5 nitrogen and oxygen atoms in total. The smallest absolute Gasteiger partial charge is 0.357 e. The molecular weight excluding hydrogens is 286 g/mol. The molecule has 0 fully saturated rings. The quantitative estimate of drug-likeness (QED) is 0.377. The van der Waals surface area contributed by atoms with Crippen molar-refractivity contribution in [2.45, 2.75) is 0 Å². The number of rotatable bonds is 3. The molecule has 4 N–H and O–H groups in total. The number of hydrazine groups is 1. The third-order valence-electron chi connectivity index (χ3n) is 2.14. The first-order valence-electron chi connectivity index (χ1n) is 4.79. The van der Waals surface area contributed by atoms with E-state index in [1.54, 1.807) is 12.1 Å². The number of esters is 1. The second-order valence-electron chi connectivity index (χ2n) is 3.37. The van der Waals surface area contributed by atoms with Gasteiger partial charge in [0.2, 0.25) is 0 Å². The molecule has 1 aromatic rings. The maximum atomic E-state index is 11.5. The van der Waals surface area contributed by atoms with Crippen LogP contribution in [0.5, 0.6) is 0 Å². The molecule has 1 rings (SSSR count). The molecule has 0 saturated carbocycles. The minimum atomic E-state index is -0.574. The number of ether oxygens (including phenoxy) is 1. The van der Waals surface area contributed by atoms with E-state index in [0.717, 1.165) is 9.48 Å². The van der Waals surface area contributed by atoms with Crippen molar-refractivity contribution in [3.05, 3.63) is 40.0 Å². The average molecular weight is 300 g/mol. The maximum Gasteiger partial charge on any atom is 0.357 e. The Balaban J connectivity index is 3.24. The number of likely N-dealkylation sites (N-methyl/N-ethyl adjacent to an activating group) is 1. The predicted molar refractivity (Wildman–Crippen MR) is 69.2 cm³/mol. The molecule has 0 radical (unpaired) electrons. The highest BCUT2D eigenvalue weighted by molar-refractivity contribution is 9.10.